The highest BCUT2D eigenvalue weighted by molar-refractivity contribution is 6.30. The van der Waals surface area contributed by atoms with Gasteiger partial charge in [0.2, 0.25) is 11.9 Å². The van der Waals surface area contributed by atoms with Crippen molar-refractivity contribution in [1.82, 2.24) is 20.3 Å². The first-order valence-corrected chi connectivity index (χ1v) is 13.4. The number of aromatic nitrogens is 3. The molecule has 0 bridgehead atoms. The molecule has 0 aliphatic heterocycles. The standard InChI is InChI=1S/C27H30ClF3N8O2/c28-19-9-7-18(8-10-19)26(13-14-26)39-24-36-23(37-25(38-24)41-16-27(29,30)31)35-20-11-5-17(6-12-20)22(40)34-15-3-1-2-4-21(32)33/h5-12H,1-4,13-16H2,(H3,32,33)(H,34,40)(H2,35,36,37,38,39). The average Bonchev–Trinajstić information content (AvgIpc) is 3.70. The van der Waals surface area contributed by atoms with Crippen LogP contribution in [-0.2, 0) is 5.54 Å². The number of hydrogen-bond donors (Lipinski definition) is 5. The molecule has 2 aromatic carbocycles. The SMILES string of the molecule is N=C(N)CCCCCNC(=O)c1ccc(Nc2nc(NC3(c4ccc(Cl)cc4)CC3)nc(OCC(F)(F)F)n2)cc1. The zero-order chi connectivity index (χ0) is 29.5. The van der Waals surface area contributed by atoms with Gasteiger partial charge in [-0.2, -0.15) is 28.1 Å². The Hall–Kier alpha value is -4.13. The highest BCUT2D eigenvalue weighted by Crippen LogP contribution is 2.48. The van der Waals surface area contributed by atoms with Crippen LogP contribution in [0.15, 0.2) is 48.5 Å². The molecule has 1 aliphatic rings. The summed E-state index contributed by atoms with van der Waals surface area (Å²) in [6.07, 6.45) is -0.0773. The van der Waals surface area contributed by atoms with Crippen LogP contribution in [0.5, 0.6) is 6.01 Å². The summed E-state index contributed by atoms with van der Waals surface area (Å²) >= 11 is 6.01. The molecule has 218 valence electrons. The van der Waals surface area contributed by atoms with Crippen molar-refractivity contribution in [3.8, 4) is 6.01 Å². The van der Waals surface area contributed by atoms with Crippen LogP contribution in [0.4, 0.5) is 30.8 Å². The van der Waals surface area contributed by atoms with Crippen LogP contribution >= 0.6 is 11.6 Å². The van der Waals surface area contributed by atoms with E-state index in [0.717, 1.165) is 37.7 Å². The number of unbranched alkanes of at least 4 members (excludes halogenated alkanes) is 2. The molecule has 14 heteroatoms. The van der Waals surface area contributed by atoms with Gasteiger partial charge in [0.05, 0.1) is 11.4 Å². The van der Waals surface area contributed by atoms with Gasteiger partial charge in [-0.05, 0) is 67.6 Å². The number of amides is 1. The molecule has 0 atom stereocenters. The Labute approximate surface area is 239 Å². The molecule has 1 fully saturated rings. The van der Waals surface area contributed by atoms with Crippen LogP contribution in [0.3, 0.4) is 0 Å². The molecule has 6 N–H and O–H groups in total. The molecule has 1 saturated carbocycles. The van der Waals surface area contributed by atoms with Gasteiger partial charge in [0.1, 0.15) is 0 Å². The molecule has 0 saturated heterocycles. The van der Waals surface area contributed by atoms with E-state index in [9.17, 15) is 18.0 Å². The van der Waals surface area contributed by atoms with Crippen LogP contribution in [-0.4, -0.2) is 46.0 Å². The minimum Gasteiger partial charge on any atom is -0.454 e. The number of ether oxygens (including phenoxy) is 1. The van der Waals surface area contributed by atoms with E-state index in [1.54, 1.807) is 36.4 Å². The lowest BCUT2D eigenvalue weighted by molar-refractivity contribution is -0.154. The van der Waals surface area contributed by atoms with Gasteiger partial charge in [-0.1, -0.05) is 30.2 Å². The minimum absolute atomic E-state index is 0.0330. The highest BCUT2D eigenvalue weighted by atomic mass is 35.5. The van der Waals surface area contributed by atoms with Crippen LogP contribution in [0.25, 0.3) is 0 Å². The first kappa shape index (κ1) is 29.8. The zero-order valence-corrected chi connectivity index (χ0v) is 22.8. The Morgan fingerprint density at radius 2 is 1.68 bits per heavy atom. The first-order valence-electron chi connectivity index (χ1n) is 13.0. The third kappa shape index (κ3) is 9.20. The number of alkyl halides is 3. The van der Waals surface area contributed by atoms with Gasteiger partial charge in [-0.3, -0.25) is 10.2 Å². The van der Waals surface area contributed by atoms with E-state index in [1.165, 1.54) is 0 Å². The minimum atomic E-state index is -4.57. The van der Waals surface area contributed by atoms with Crippen LogP contribution < -0.4 is 26.4 Å². The van der Waals surface area contributed by atoms with Gasteiger partial charge in [-0.15, -0.1) is 0 Å². The normalized spacial score (nSPS) is 13.8. The fourth-order valence-electron chi connectivity index (χ4n) is 4.03. The lowest BCUT2D eigenvalue weighted by Gasteiger charge is -2.19. The summed E-state index contributed by atoms with van der Waals surface area (Å²) in [7, 11) is 0. The van der Waals surface area contributed by atoms with Crippen molar-refractivity contribution >= 4 is 40.9 Å². The van der Waals surface area contributed by atoms with Gasteiger partial charge in [0, 0.05) is 29.2 Å². The van der Waals surface area contributed by atoms with E-state index in [-0.39, 0.29) is 23.6 Å². The fraction of sp³-hybridized carbons (Fsp3) is 0.370. The second-order valence-electron chi connectivity index (χ2n) is 9.68. The number of nitrogens with two attached hydrogens (primary N) is 1. The third-order valence-corrected chi connectivity index (χ3v) is 6.54. The van der Waals surface area contributed by atoms with Gasteiger partial charge < -0.3 is 26.4 Å². The number of amidine groups is 1. The maximum absolute atomic E-state index is 12.8. The van der Waals surface area contributed by atoms with Crippen molar-refractivity contribution in [1.29, 1.82) is 5.41 Å². The summed E-state index contributed by atoms with van der Waals surface area (Å²) < 4.78 is 43.2. The first-order chi connectivity index (χ1) is 19.5. The summed E-state index contributed by atoms with van der Waals surface area (Å²) in [4.78, 5) is 24.8. The van der Waals surface area contributed by atoms with Crippen molar-refractivity contribution in [2.45, 2.75) is 50.2 Å². The van der Waals surface area contributed by atoms with E-state index in [1.807, 2.05) is 12.1 Å². The number of hydrogen-bond acceptors (Lipinski definition) is 8. The number of anilines is 3. The third-order valence-electron chi connectivity index (χ3n) is 6.29. The average molecular weight is 591 g/mol. The predicted molar refractivity (Wildman–Crippen MR) is 150 cm³/mol. The molecule has 0 unspecified atom stereocenters. The van der Waals surface area contributed by atoms with Crippen LogP contribution in [0.2, 0.25) is 5.02 Å². The Kier molecular flexibility index (Phi) is 9.48. The smallest absolute Gasteiger partial charge is 0.422 e. The van der Waals surface area contributed by atoms with Crippen LogP contribution in [0, 0.1) is 5.41 Å². The molecular weight excluding hydrogens is 561 g/mol. The summed E-state index contributed by atoms with van der Waals surface area (Å²) in [6, 6.07) is 13.2. The quantitative estimate of drug-likeness (QED) is 0.0933. The number of carbonyl (C=O) groups is 1. The number of nitrogens with zero attached hydrogens (tertiary/aromatic N) is 3. The largest absolute Gasteiger partial charge is 0.454 e. The molecule has 0 radical (unpaired) electrons. The van der Waals surface area contributed by atoms with Crippen molar-refractivity contribution in [2.24, 2.45) is 5.73 Å². The number of rotatable bonds is 14. The Morgan fingerprint density at radius 3 is 2.32 bits per heavy atom. The van der Waals surface area contributed by atoms with Gasteiger partial charge in [0.25, 0.3) is 5.91 Å². The van der Waals surface area contributed by atoms with Crippen molar-refractivity contribution in [3.63, 3.8) is 0 Å². The molecule has 4 rings (SSSR count). The second-order valence-corrected chi connectivity index (χ2v) is 10.1. The van der Waals surface area contributed by atoms with Gasteiger partial charge in [0.15, 0.2) is 6.61 Å². The zero-order valence-electron chi connectivity index (χ0n) is 22.0. The second kappa shape index (κ2) is 13.0. The number of halogens is 4. The van der Waals surface area contributed by atoms with E-state index in [0.29, 0.717) is 29.2 Å². The maximum atomic E-state index is 12.8. The van der Waals surface area contributed by atoms with E-state index < -0.39 is 24.3 Å². The molecular formula is C27H30ClF3N8O2. The lowest BCUT2D eigenvalue weighted by atomic mass is 10.1. The van der Waals surface area contributed by atoms with Crippen molar-refractivity contribution < 1.29 is 22.7 Å². The number of nitrogens with one attached hydrogen (secondary N) is 4. The molecule has 1 amide bonds. The summed E-state index contributed by atoms with van der Waals surface area (Å²) in [5.41, 5.74) is 6.74. The molecule has 1 aliphatic carbocycles. The maximum Gasteiger partial charge on any atom is 0.422 e. The number of carbonyl (C=O) groups excluding carboxylic acids is 1. The molecule has 0 spiro atoms. The summed E-state index contributed by atoms with van der Waals surface area (Å²) in [5.74, 6) is -0.0717. The Morgan fingerprint density at radius 1 is 1.00 bits per heavy atom. The molecule has 10 nitrogen and oxygen atoms in total. The number of benzene rings is 2. The summed E-state index contributed by atoms with van der Waals surface area (Å²) in [5, 5.41) is 16.8. The molecule has 3 aromatic rings. The monoisotopic (exact) mass is 590 g/mol. The van der Waals surface area contributed by atoms with Gasteiger partial charge in [-0.25, -0.2) is 0 Å². The lowest BCUT2D eigenvalue weighted by Crippen LogP contribution is -2.24. The Bertz CT molecular complexity index is 1350. The van der Waals surface area contributed by atoms with Gasteiger partial charge >= 0.3 is 12.2 Å². The Balaban J connectivity index is 1.42. The van der Waals surface area contributed by atoms with Crippen molar-refractivity contribution in [3.05, 3.63) is 64.7 Å². The van der Waals surface area contributed by atoms with E-state index >= 15 is 0 Å². The fourth-order valence-corrected chi connectivity index (χ4v) is 4.15. The topological polar surface area (TPSA) is 151 Å². The molecule has 1 heterocycles. The van der Waals surface area contributed by atoms with E-state index in [2.05, 4.69) is 30.9 Å². The predicted octanol–water partition coefficient (Wildman–Crippen LogP) is 5.54. The summed E-state index contributed by atoms with van der Waals surface area (Å²) in [6.45, 7) is -1.06. The molecule has 41 heavy (non-hydrogen) atoms. The van der Waals surface area contributed by atoms with Crippen LogP contribution in [0.1, 0.15) is 54.4 Å². The highest BCUT2D eigenvalue weighted by Gasteiger charge is 2.45. The van der Waals surface area contributed by atoms with Crippen molar-refractivity contribution in [2.75, 3.05) is 23.8 Å². The molecule has 1 aromatic heterocycles. The van der Waals surface area contributed by atoms with E-state index in [4.69, 9.17) is 27.5 Å².